The normalized spacial score (nSPS) is 14.9. The van der Waals surface area contributed by atoms with Crippen molar-refractivity contribution in [3.05, 3.63) is 40.6 Å². The van der Waals surface area contributed by atoms with E-state index in [1.165, 1.54) is 0 Å². The summed E-state index contributed by atoms with van der Waals surface area (Å²) in [5.74, 6) is 0. The lowest BCUT2D eigenvalue weighted by molar-refractivity contribution is -0.382. The number of hydrogen-bond donors (Lipinski definition) is 1. The van der Waals surface area contributed by atoms with E-state index in [-0.39, 0.29) is 10.6 Å². The van der Waals surface area contributed by atoms with Crippen LogP contribution in [0.15, 0.2) is 30.5 Å². The zero-order valence-electron chi connectivity index (χ0n) is 12.0. The van der Waals surface area contributed by atoms with Gasteiger partial charge in [-0.2, -0.15) is 0 Å². The van der Waals surface area contributed by atoms with Gasteiger partial charge in [0.25, 0.3) is 0 Å². The van der Waals surface area contributed by atoms with Crippen molar-refractivity contribution in [1.82, 2.24) is 10.3 Å². The van der Waals surface area contributed by atoms with Crippen molar-refractivity contribution >= 4 is 22.3 Å². The third kappa shape index (κ3) is 2.42. The summed E-state index contributed by atoms with van der Waals surface area (Å²) in [6, 6.07) is 7.55. The number of anilines is 1. The van der Waals surface area contributed by atoms with Crippen LogP contribution in [0.4, 0.5) is 11.4 Å². The fourth-order valence-electron chi connectivity index (χ4n) is 2.78. The minimum absolute atomic E-state index is 0.168. The second kappa shape index (κ2) is 5.65. The molecule has 2 heterocycles. The average Bonchev–Trinajstić information content (AvgIpc) is 2.43. The molecule has 2 aromatic rings. The number of hydrogen-bond acceptors (Lipinski definition) is 5. The number of benzene rings is 1. The predicted molar refractivity (Wildman–Crippen MR) is 82.7 cm³/mol. The van der Waals surface area contributed by atoms with Gasteiger partial charge in [0, 0.05) is 25.8 Å². The van der Waals surface area contributed by atoms with Gasteiger partial charge in [-0.3, -0.25) is 15.1 Å². The standard InChI is InChI=1S/C15H18N4O2/c1-2-8-18(11-9-16-10-11)14-6-5-13-12(4-3-7-17-13)15(14)19(20)21/h3-7,11,16H,2,8-10H2,1H3. The molecular formula is C15H18N4O2. The number of nitrogens with one attached hydrogen (secondary N) is 1. The van der Waals surface area contributed by atoms with Crippen LogP contribution < -0.4 is 10.2 Å². The van der Waals surface area contributed by atoms with E-state index in [4.69, 9.17) is 0 Å². The van der Waals surface area contributed by atoms with E-state index >= 15 is 0 Å². The van der Waals surface area contributed by atoms with Crippen LogP contribution in [-0.2, 0) is 0 Å². The van der Waals surface area contributed by atoms with Crippen molar-refractivity contribution in [1.29, 1.82) is 0 Å². The molecule has 1 fully saturated rings. The van der Waals surface area contributed by atoms with Crippen LogP contribution in [0.5, 0.6) is 0 Å². The molecule has 1 aliphatic rings. The van der Waals surface area contributed by atoms with Gasteiger partial charge in [0.05, 0.1) is 21.9 Å². The number of fused-ring (bicyclic) bond motifs is 1. The lowest BCUT2D eigenvalue weighted by Crippen LogP contribution is -2.57. The Labute approximate surface area is 122 Å². The maximum Gasteiger partial charge on any atom is 0.301 e. The number of rotatable bonds is 5. The van der Waals surface area contributed by atoms with Gasteiger partial charge in [0.1, 0.15) is 5.69 Å². The Hall–Kier alpha value is -2.21. The lowest BCUT2D eigenvalue weighted by atomic mass is 10.1. The van der Waals surface area contributed by atoms with E-state index in [0.29, 0.717) is 22.6 Å². The van der Waals surface area contributed by atoms with Crippen molar-refractivity contribution in [2.75, 3.05) is 24.5 Å². The van der Waals surface area contributed by atoms with Gasteiger partial charge < -0.3 is 10.2 Å². The van der Waals surface area contributed by atoms with Crippen molar-refractivity contribution in [3.8, 4) is 0 Å². The van der Waals surface area contributed by atoms with Crippen LogP contribution in [0.25, 0.3) is 10.9 Å². The van der Waals surface area contributed by atoms with Crippen molar-refractivity contribution in [2.24, 2.45) is 0 Å². The fourth-order valence-corrected chi connectivity index (χ4v) is 2.78. The molecule has 6 nitrogen and oxygen atoms in total. The zero-order chi connectivity index (χ0) is 14.8. The van der Waals surface area contributed by atoms with Crippen LogP contribution in [0.1, 0.15) is 13.3 Å². The van der Waals surface area contributed by atoms with Crippen molar-refractivity contribution in [3.63, 3.8) is 0 Å². The Balaban J connectivity index is 2.15. The van der Waals surface area contributed by atoms with Crippen LogP contribution in [0.2, 0.25) is 0 Å². The molecule has 1 saturated heterocycles. The zero-order valence-corrected chi connectivity index (χ0v) is 12.0. The first-order chi connectivity index (χ1) is 10.2. The highest BCUT2D eigenvalue weighted by Crippen LogP contribution is 2.36. The first-order valence-electron chi connectivity index (χ1n) is 7.22. The highest BCUT2D eigenvalue weighted by atomic mass is 16.6. The first kappa shape index (κ1) is 13.8. The average molecular weight is 286 g/mol. The summed E-state index contributed by atoms with van der Waals surface area (Å²) in [7, 11) is 0. The third-order valence-electron chi connectivity index (χ3n) is 3.89. The highest BCUT2D eigenvalue weighted by molar-refractivity contribution is 5.94. The molecule has 6 heteroatoms. The topological polar surface area (TPSA) is 71.3 Å². The van der Waals surface area contributed by atoms with Crippen LogP contribution >= 0.6 is 0 Å². The summed E-state index contributed by atoms with van der Waals surface area (Å²) in [5, 5.41) is 15.4. The van der Waals surface area contributed by atoms with Gasteiger partial charge in [-0.1, -0.05) is 6.92 Å². The molecule has 0 atom stereocenters. The number of nitro benzene ring substituents is 1. The largest absolute Gasteiger partial charge is 0.360 e. The number of nitro groups is 1. The Morgan fingerprint density at radius 1 is 1.43 bits per heavy atom. The number of nitrogens with zero attached hydrogens (tertiary/aromatic N) is 3. The fraction of sp³-hybridized carbons (Fsp3) is 0.400. The van der Waals surface area contributed by atoms with E-state index in [9.17, 15) is 10.1 Å². The minimum Gasteiger partial charge on any atom is -0.360 e. The smallest absolute Gasteiger partial charge is 0.301 e. The van der Waals surface area contributed by atoms with Crippen LogP contribution in [0.3, 0.4) is 0 Å². The molecule has 110 valence electrons. The Kier molecular flexibility index (Phi) is 3.70. The van der Waals surface area contributed by atoms with Crippen LogP contribution in [0, 0.1) is 10.1 Å². The third-order valence-corrected chi connectivity index (χ3v) is 3.89. The quantitative estimate of drug-likeness (QED) is 0.674. The Bertz CT molecular complexity index is 670. The SMILES string of the molecule is CCCN(c1ccc2ncccc2c1[N+](=O)[O-])C1CNC1. The van der Waals surface area contributed by atoms with Gasteiger partial charge in [-0.15, -0.1) is 0 Å². The second-order valence-electron chi connectivity index (χ2n) is 5.27. The molecule has 0 spiro atoms. The molecule has 3 rings (SSSR count). The molecule has 21 heavy (non-hydrogen) atoms. The summed E-state index contributed by atoms with van der Waals surface area (Å²) in [5.41, 5.74) is 1.53. The number of pyridine rings is 1. The van der Waals surface area contributed by atoms with Crippen molar-refractivity contribution in [2.45, 2.75) is 19.4 Å². The molecular weight excluding hydrogens is 268 g/mol. The maximum atomic E-state index is 11.6. The Morgan fingerprint density at radius 2 is 2.24 bits per heavy atom. The molecule has 0 saturated carbocycles. The molecule has 1 aromatic carbocycles. The van der Waals surface area contributed by atoms with E-state index in [2.05, 4.69) is 22.1 Å². The van der Waals surface area contributed by atoms with E-state index in [1.54, 1.807) is 18.3 Å². The van der Waals surface area contributed by atoms with Crippen LogP contribution in [-0.4, -0.2) is 35.6 Å². The predicted octanol–water partition coefficient (Wildman–Crippen LogP) is 2.33. The molecule has 0 unspecified atom stereocenters. The summed E-state index contributed by atoms with van der Waals surface area (Å²) in [4.78, 5) is 17.7. The van der Waals surface area contributed by atoms with Gasteiger partial charge in [0.2, 0.25) is 0 Å². The minimum atomic E-state index is -0.284. The van der Waals surface area contributed by atoms with Gasteiger partial charge in [-0.25, -0.2) is 0 Å². The van der Waals surface area contributed by atoms with E-state index in [1.807, 2.05) is 12.1 Å². The molecule has 0 amide bonds. The van der Waals surface area contributed by atoms with E-state index < -0.39 is 0 Å². The molecule has 0 radical (unpaired) electrons. The summed E-state index contributed by atoms with van der Waals surface area (Å²) in [6.07, 6.45) is 2.62. The Morgan fingerprint density at radius 3 is 2.86 bits per heavy atom. The summed E-state index contributed by atoms with van der Waals surface area (Å²) >= 11 is 0. The lowest BCUT2D eigenvalue weighted by Gasteiger charge is -2.39. The molecule has 0 bridgehead atoms. The highest BCUT2D eigenvalue weighted by Gasteiger charge is 2.30. The van der Waals surface area contributed by atoms with E-state index in [0.717, 1.165) is 26.1 Å². The van der Waals surface area contributed by atoms with Gasteiger partial charge in [0.15, 0.2) is 0 Å². The monoisotopic (exact) mass is 286 g/mol. The summed E-state index contributed by atoms with van der Waals surface area (Å²) < 4.78 is 0. The molecule has 1 N–H and O–H groups in total. The van der Waals surface area contributed by atoms with Gasteiger partial charge in [-0.05, 0) is 30.7 Å². The van der Waals surface area contributed by atoms with Crippen molar-refractivity contribution < 1.29 is 4.92 Å². The number of aromatic nitrogens is 1. The molecule has 1 aromatic heterocycles. The molecule has 0 aliphatic carbocycles. The summed E-state index contributed by atoms with van der Waals surface area (Å²) in [6.45, 7) is 4.66. The first-order valence-corrected chi connectivity index (χ1v) is 7.22. The second-order valence-corrected chi connectivity index (χ2v) is 5.27. The van der Waals surface area contributed by atoms with Gasteiger partial charge >= 0.3 is 5.69 Å². The maximum absolute atomic E-state index is 11.6. The molecule has 1 aliphatic heterocycles.